The standard InChI is InChI=1S/C13H15FN2/c1-9(2)11-4-12(14)6-13(5-11)16-7-10(3)15-8-16/h4-9H,1-3H3. The molecular weight excluding hydrogens is 203 g/mol. The quantitative estimate of drug-likeness (QED) is 0.755. The predicted octanol–water partition coefficient (Wildman–Crippen LogP) is 3.44. The summed E-state index contributed by atoms with van der Waals surface area (Å²) >= 11 is 0. The van der Waals surface area contributed by atoms with Crippen LogP contribution in [0.15, 0.2) is 30.7 Å². The second-order valence-corrected chi connectivity index (χ2v) is 4.32. The molecule has 0 N–H and O–H groups in total. The number of aromatic nitrogens is 2. The zero-order chi connectivity index (χ0) is 11.7. The molecular formula is C13H15FN2. The molecule has 0 aliphatic rings. The lowest BCUT2D eigenvalue weighted by molar-refractivity contribution is 0.622. The van der Waals surface area contributed by atoms with Crippen molar-refractivity contribution in [3.05, 3.63) is 47.8 Å². The summed E-state index contributed by atoms with van der Waals surface area (Å²) in [5.74, 6) is 0.117. The van der Waals surface area contributed by atoms with Gasteiger partial charge in [-0.25, -0.2) is 9.37 Å². The second kappa shape index (κ2) is 4.08. The molecule has 16 heavy (non-hydrogen) atoms. The van der Waals surface area contributed by atoms with Gasteiger partial charge in [0.05, 0.1) is 12.0 Å². The van der Waals surface area contributed by atoms with Crippen molar-refractivity contribution in [1.29, 1.82) is 0 Å². The highest BCUT2D eigenvalue weighted by Gasteiger charge is 2.06. The van der Waals surface area contributed by atoms with Gasteiger partial charge in [0.2, 0.25) is 0 Å². The van der Waals surface area contributed by atoms with E-state index in [9.17, 15) is 4.39 Å². The van der Waals surface area contributed by atoms with Crippen molar-refractivity contribution in [2.24, 2.45) is 0 Å². The normalized spacial score (nSPS) is 11.1. The Morgan fingerprint density at radius 2 is 2.00 bits per heavy atom. The lowest BCUT2D eigenvalue weighted by atomic mass is 10.0. The van der Waals surface area contributed by atoms with E-state index in [1.807, 2.05) is 23.8 Å². The first-order valence-electron chi connectivity index (χ1n) is 5.37. The minimum Gasteiger partial charge on any atom is -0.306 e. The van der Waals surface area contributed by atoms with Crippen molar-refractivity contribution in [2.45, 2.75) is 26.7 Å². The van der Waals surface area contributed by atoms with Gasteiger partial charge in [0.1, 0.15) is 5.82 Å². The highest BCUT2D eigenvalue weighted by atomic mass is 19.1. The number of imidazole rings is 1. The van der Waals surface area contributed by atoms with Crippen LogP contribution in [0.1, 0.15) is 31.0 Å². The largest absolute Gasteiger partial charge is 0.306 e. The molecule has 2 rings (SSSR count). The molecule has 84 valence electrons. The van der Waals surface area contributed by atoms with Gasteiger partial charge in [-0.15, -0.1) is 0 Å². The molecule has 2 nitrogen and oxygen atoms in total. The number of halogens is 1. The van der Waals surface area contributed by atoms with Crippen molar-refractivity contribution < 1.29 is 4.39 Å². The Bertz CT molecular complexity index is 500. The van der Waals surface area contributed by atoms with Crippen LogP contribution in [0.5, 0.6) is 0 Å². The van der Waals surface area contributed by atoms with Gasteiger partial charge in [-0.1, -0.05) is 13.8 Å². The zero-order valence-electron chi connectivity index (χ0n) is 9.74. The van der Waals surface area contributed by atoms with E-state index in [1.54, 1.807) is 12.4 Å². The van der Waals surface area contributed by atoms with Crippen LogP contribution in [0.4, 0.5) is 4.39 Å². The molecule has 2 aromatic rings. The molecule has 0 aliphatic heterocycles. The topological polar surface area (TPSA) is 17.8 Å². The summed E-state index contributed by atoms with van der Waals surface area (Å²) < 4.78 is 15.3. The van der Waals surface area contributed by atoms with Crippen molar-refractivity contribution in [1.82, 2.24) is 9.55 Å². The average Bonchev–Trinajstić information content (AvgIpc) is 2.64. The summed E-state index contributed by atoms with van der Waals surface area (Å²) in [5, 5.41) is 0. The Balaban J connectivity index is 2.49. The van der Waals surface area contributed by atoms with E-state index in [-0.39, 0.29) is 5.82 Å². The summed E-state index contributed by atoms with van der Waals surface area (Å²) in [5.41, 5.74) is 2.75. The summed E-state index contributed by atoms with van der Waals surface area (Å²) in [6.07, 6.45) is 3.59. The SMILES string of the molecule is Cc1cn(-c2cc(F)cc(C(C)C)c2)cn1. The molecule has 0 bridgehead atoms. The first-order chi connectivity index (χ1) is 7.56. The summed E-state index contributed by atoms with van der Waals surface area (Å²) in [6.45, 7) is 6.02. The Hall–Kier alpha value is -1.64. The third kappa shape index (κ3) is 2.13. The van der Waals surface area contributed by atoms with Crippen LogP contribution >= 0.6 is 0 Å². The molecule has 0 aliphatic carbocycles. The van der Waals surface area contributed by atoms with E-state index >= 15 is 0 Å². The number of rotatable bonds is 2. The fourth-order valence-electron chi connectivity index (χ4n) is 1.64. The van der Waals surface area contributed by atoms with Crippen LogP contribution in [0.25, 0.3) is 5.69 Å². The van der Waals surface area contributed by atoms with E-state index in [2.05, 4.69) is 18.8 Å². The van der Waals surface area contributed by atoms with Crippen molar-refractivity contribution in [3.63, 3.8) is 0 Å². The molecule has 3 heteroatoms. The Morgan fingerprint density at radius 1 is 1.25 bits per heavy atom. The summed E-state index contributed by atoms with van der Waals surface area (Å²) in [6, 6.07) is 5.10. The smallest absolute Gasteiger partial charge is 0.125 e. The van der Waals surface area contributed by atoms with Crippen LogP contribution in [0.3, 0.4) is 0 Å². The minimum absolute atomic E-state index is 0.201. The van der Waals surface area contributed by atoms with Crippen LogP contribution in [-0.2, 0) is 0 Å². The molecule has 0 fully saturated rings. The average molecular weight is 218 g/mol. The fourth-order valence-corrected chi connectivity index (χ4v) is 1.64. The Morgan fingerprint density at radius 3 is 2.56 bits per heavy atom. The molecule has 1 aromatic heterocycles. The number of benzene rings is 1. The Kier molecular flexibility index (Phi) is 2.77. The van der Waals surface area contributed by atoms with E-state index in [1.165, 1.54) is 6.07 Å². The maximum Gasteiger partial charge on any atom is 0.125 e. The highest BCUT2D eigenvalue weighted by molar-refractivity contribution is 5.38. The van der Waals surface area contributed by atoms with Gasteiger partial charge in [-0.2, -0.15) is 0 Å². The maximum absolute atomic E-state index is 13.4. The first kappa shape index (κ1) is 10.9. The summed E-state index contributed by atoms with van der Waals surface area (Å²) in [4.78, 5) is 4.14. The molecule has 0 amide bonds. The molecule has 0 atom stereocenters. The minimum atomic E-state index is -0.201. The van der Waals surface area contributed by atoms with Gasteiger partial charge in [0, 0.05) is 11.9 Å². The van der Waals surface area contributed by atoms with Gasteiger partial charge in [-0.05, 0) is 36.6 Å². The molecule has 0 unspecified atom stereocenters. The van der Waals surface area contributed by atoms with Crippen LogP contribution in [-0.4, -0.2) is 9.55 Å². The molecule has 0 saturated carbocycles. The number of hydrogen-bond donors (Lipinski definition) is 0. The van der Waals surface area contributed by atoms with Crippen LogP contribution in [0, 0.1) is 12.7 Å². The monoisotopic (exact) mass is 218 g/mol. The van der Waals surface area contributed by atoms with E-state index in [0.717, 1.165) is 16.9 Å². The molecule has 1 heterocycles. The number of aryl methyl sites for hydroxylation is 1. The van der Waals surface area contributed by atoms with E-state index in [4.69, 9.17) is 0 Å². The van der Waals surface area contributed by atoms with E-state index < -0.39 is 0 Å². The lowest BCUT2D eigenvalue weighted by Crippen LogP contribution is -1.96. The highest BCUT2D eigenvalue weighted by Crippen LogP contribution is 2.20. The molecule has 0 spiro atoms. The zero-order valence-corrected chi connectivity index (χ0v) is 9.74. The third-order valence-corrected chi connectivity index (χ3v) is 2.58. The first-order valence-corrected chi connectivity index (χ1v) is 5.37. The van der Waals surface area contributed by atoms with Gasteiger partial charge in [-0.3, -0.25) is 0 Å². The number of nitrogens with zero attached hydrogens (tertiary/aromatic N) is 2. The van der Waals surface area contributed by atoms with Gasteiger partial charge in [0.25, 0.3) is 0 Å². The van der Waals surface area contributed by atoms with Crippen LogP contribution in [0.2, 0.25) is 0 Å². The fraction of sp³-hybridized carbons (Fsp3) is 0.308. The molecule has 0 radical (unpaired) electrons. The van der Waals surface area contributed by atoms with Crippen LogP contribution < -0.4 is 0 Å². The Labute approximate surface area is 94.8 Å². The van der Waals surface area contributed by atoms with Gasteiger partial charge in [0.15, 0.2) is 0 Å². The van der Waals surface area contributed by atoms with E-state index in [0.29, 0.717) is 5.92 Å². The van der Waals surface area contributed by atoms with Crippen molar-refractivity contribution in [3.8, 4) is 5.69 Å². The number of hydrogen-bond acceptors (Lipinski definition) is 1. The van der Waals surface area contributed by atoms with Crippen molar-refractivity contribution >= 4 is 0 Å². The van der Waals surface area contributed by atoms with Crippen molar-refractivity contribution in [2.75, 3.05) is 0 Å². The summed E-state index contributed by atoms with van der Waals surface area (Å²) in [7, 11) is 0. The predicted molar refractivity (Wildman–Crippen MR) is 62.3 cm³/mol. The second-order valence-electron chi connectivity index (χ2n) is 4.32. The third-order valence-electron chi connectivity index (χ3n) is 2.58. The molecule has 0 saturated heterocycles. The lowest BCUT2D eigenvalue weighted by Gasteiger charge is -2.09. The van der Waals surface area contributed by atoms with Gasteiger partial charge >= 0.3 is 0 Å². The molecule has 1 aromatic carbocycles. The maximum atomic E-state index is 13.4. The van der Waals surface area contributed by atoms with Gasteiger partial charge < -0.3 is 4.57 Å².